The molecule has 1 aromatic rings. The van der Waals surface area contributed by atoms with Crippen LogP contribution < -0.4 is 5.32 Å². The summed E-state index contributed by atoms with van der Waals surface area (Å²) in [6, 6.07) is 8.09. The van der Waals surface area contributed by atoms with Gasteiger partial charge < -0.3 is 10.4 Å². The van der Waals surface area contributed by atoms with Crippen molar-refractivity contribution in [3.05, 3.63) is 28.7 Å². The molecular formula is C11H16BrNOS. The lowest BCUT2D eigenvalue weighted by atomic mass is 10.2. The molecule has 15 heavy (non-hydrogen) atoms. The molecule has 0 radical (unpaired) electrons. The average molecular weight is 290 g/mol. The molecule has 2 N–H and O–H groups in total. The van der Waals surface area contributed by atoms with Crippen LogP contribution in [0, 0.1) is 0 Å². The Bertz CT molecular complexity index is 296. The molecule has 0 aliphatic carbocycles. The van der Waals surface area contributed by atoms with Gasteiger partial charge in [-0.05, 0) is 46.5 Å². The number of benzene rings is 1. The van der Waals surface area contributed by atoms with E-state index < -0.39 is 0 Å². The van der Waals surface area contributed by atoms with E-state index in [4.69, 9.17) is 0 Å². The zero-order valence-corrected chi connectivity index (χ0v) is 11.1. The summed E-state index contributed by atoms with van der Waals surface area (Å²) >= 11 is 5.27. The smallest absolute Gasteiger partial charge is 0.0633 e. The van der Waals surface area contributed by atoms with Gasteiger partial charge in [-0.15, -0.1) is 0 Å². The lowest BCUT2D eigenvalue weighted by Gasteiger charge is -2.17. The third-order valence-corrected chi connectivity index (χ3v) is 3.46. The quantitative estimate of drug-likeness (QED) is 0.845. The highest BCUT2D eigenvalue weighted by Gasteiger charge is 2.07. The van der Waals surface area contributed by atoms with Crippen LogP contribution in [0.25, 0.3) is 0 Å². The Morgan fingerprint density at radius 1 is 1.47 bits per heavy atom. The molecule has 4 heteroatoms. The SMILES string of the molecule is CSCCC(CO)Nc1ccccc1Br. The maximum Gasteiger partial charge on any atom is 0.0633 e. The minimum Gasteiger partial charge on any atom is -0.394 e. The third kappa shape index (κ3) is 4.45. The summed E-state index contributed by atoms with van der Waals surface area (Å²) in [5, 5.41) is 12.5. The van der Waals surface area contributed by atoms with Gasteiger partial charge in [0.2, 0.25) is 0 Å². The Morgan fingerprint density at radius 3 is 2.80 bits per heavy atom. The molecule has 0 amide bonds. The molecule has 0 aromatic heterocycles. The van der Waals surface area contributed by atoms with E-state index in [0.717, 1.165) is 22.3 Å². The van der Waals surface area contributed by atoms with Crippen LogP contribution in [0.2, 0.25) is 0 Å². The molecule has 1 aromatic carbocycles. The molecule has 0 heterocycles. The Balaban J connectivity index is 2.54. The second-order valence-corrected chi connectivity index (χ2v) is 5.13. The number of nitrogens with one attached hydrogen (secondary N) is 1. The molecule has 0 bridgehead atoms. The first-order chi connectivity index (χ1) is 7.27. The molecule has 0 saturated carbocycles. The standard InChI is InChI=1S/C11H16BrNOS/c1-15-7-6-9(8-14)13-11-5-3-2-4-10(11)12/h2-5,9,13-14H,6-8H2,1H3. The number of thioether (sulfide) groups is 1. The summed E-state index contributed by atoms with van der Waals surface area (Å²) in [5.74, 6) is 1.06. The predicted octanol–water partition coefficient (Wildman–Crippen LogP) is 2.98. The van der Waals surface area contributed by atoms with Crippen LogP contribution in [0.3, 0.4) is 0 Å². The van der Waals surface area contributed by atoms with E-state index in [-0.39, 0.29) is 12.6 Å². The fourth-order valence-corrected chi connectivity index (χ4v) is 2.19. The summed E-state index contributed by atoms with van der Waals surface area (Å²) in [5.41, 5.74) is 1.04. The molecule has 0 spiro atoms. The molecule has 0 aliphatic heterocycles. The second kappa shape index (κ2) is 7.14. The van der Waals surface area contributed by atoms with Gasteiger partial charge in [-0.25, -0.2) is 0 Å². The van der Waals surface area contributed by atoms with Gasteiger partial charge in [0.25, 0.3) is 0 Å². The van der Waals surface area contributed by atoms with Crippen LogP contribution in [0.15, 0.2) is 28.7 Å². The van der Waals surface area contributed by atoms with Gasteiger partial charge >= 0.3 is 0 Å². The number of rotatable bonds is 6. The average Bonchev–Trinajstić information content (AvgIpc) is 2.26. The zero-order valence-electron chi connectivity index (χ0n) is 8.74. The van der Waals surface area contributed by atoms with E-state index in [0.29, 0.717) is 0 Å². The van der Waals surface area contributed by atoms with E-state index in [2.05, 4.69) is 27.5 Å². The largest absolute Gasteiger partial charge is 0.394 e. The van der Waals surface area contributed by atoms with Crippen LogP contribution >= 0.6 is 27.7 Å². The normalized spacial score (nSPS) is 12.5. The third-order valence-electron chi connectivity index (χ3n) is 2.12. The van der Waals surface area contributed by atoms with Crippen molar-refractivity contribution in [2.45, 2.75) is 12.5 Å². The number of hydrogen-bond donors (Lipinski definition) is 2. The highest BCUT2D eigenvalue weighted by Crippen LogP contribution is 2.22. The molecule has 0 saturated heterocycles. The number of aliphatic hydroxyl groups is 1. The van der Waals surface area contributed by atoms with Crippen molar-refractivity contribution in [2.75, 3.05) is 23.9 Å². The van der Waals surface area contributed by atoms with Crippen LogP contribution in [0.4, 0.5) is 5.69 Å². The Morgan fingerprint density at radius 2 is 2.20 bits per heavy atom. The van der Waals surface area contributed by atoms with Gasteiger partial charge in [-0.2, -0.15) is 11.8 Å². The van der Waals surface area contributed by atoms with Crippen molar-refractivity contribution < 1.29 is 5.11 Å². The summed E-state index contributed by atoms with van der Waals surface area (Å²) in [4.78, 5) is 0. The number of para-hydroxylation sites is 1. The summed E-state index contributed by atoms with van der Waals surface area (Å²) < 4.78 is 1.03. The summed E-state index contributed by atoms with van der Waals surface area (Å²) in [6.07, 6.45) is 3.05. The zero-order chi connectivity index (χ0) is 11.1. The number of halogens is 1. The van der Waals surface area contributed by atoms with Crippen molar-refractivity contribution >= 4 is 33.4 Å². The van der Waals surface area contributed by atoms with Crippen LogP contribution in [-0.4, -0.2) is 29.8 Å². The molecule has 2 nitrogen and oxygen atoms in total. The molecular weight excluding hydrogens is 274 g/mol. The Labute approximate surface area is 104 Å². The van der Waals surface area contributed by atoms with E-state index >= 15 is 0 Å². The molecule has 1 atom stereocenters. The van der Waals surface area contributed by atoms with Crippen LogP contribution in [0.5, 0.6) is 0 Å². The van der Waals surface area contributed by atoms with E-state index in [9.17, 15) is 5.11 Å². The van der Waals surface area contributed by atoms with E-state index in [1.165, 1.54) is 0 Å². The van der Waals surface area contributed by atoms with Gasteiger partial charge in [0.15, 0.2) is 0 Å². The molecule has 0 fully saturated rings. The maximum absolute atomic E-state index is 9.22. The van der Waals surface area contributed by atoms with Gasteiger partial charge in [-0.3, -0.25) is 0 Å². The molecule has 1 rings (SSSR count). The number of aliphatic hydroxyl groups excluding tert-OH is 1. The van der Waals surface area contributed by atoms with Crippen LogP contribution in [-0.2, 0) is 0 Å². The summed E-state index contributed by atoms with van der Waals surface area (Å²) in [6.45, 7) is 0.169. The summed E-state index contributed by atoms with van der Waals surface area (Å²) in [7, 11) is 0. The first-order valence-corrected chi connectivity index (χ1v) is 7.07. The maximum atomic E-state index is 9.22. The van der Waals surface area contributed by atoms with Gasteiger partial charge in [0.1, 0.15) is 0 Å². The minimum absolute atomic E-state index is 0.135. The monoisotopic (exact) mass is 289 g/mol. The van der Waals surface area contributed by atoms with Crippen molar-refractivity contribution in [1.29, 1.82) is 0 Å². The lowest BCUT2D eigenvalue weighted by molar-refractivity contribution is 0.272. The van der Waals surface area contributed by atoms with Crippen LogP contribution in [0.1, 0.15) is 6.42 Å². The topological polar surface area (TPSA) is 32.3 Å². The van der Waals surface area contributed by atoms with Crippen molar-refractivity contribution in [3.8, 4) is 0 Å². The van der Waals surface area contributed by atoms with Crippen molar-refractivity contribution in [2.24, 2.45) is 0 Å². The van der Waals surface area contributed by atoms with E-state index in [1.54, 1.807) is 11.8 Å². The second-order valence-electron chi connectivity index (χ2n) is 3.29. The fourth-order valence-electron chi connectivity index (χ4n) is 1.27. The van der Waals surface area contributed by atoms with Gasteiger partial charge in [0, 0.05) is 10.2 Å². The molecule has 1 unspecified atom stereocenters. The lowest BCUT2D eigenvalue weighted by Crippen LogP contribution is -2.24. The molecule has 0 aliphatic rings. The van der Waals surface area contributed by atoms with Crippen molar-refractivity contribution in [3.63, 3.8) is 0 Å². The molecule has 84 valence electrons. The van der Waals surface area contributed by atoms with Gasteiger partial charge in [0.05, 0.1) is 12.6 Å². The number of anilines is 1. The van der Waals surface area contributed by atoms with Crippen molar-refractivity contribution in [1.82, 2.24) is 0 Å². The fraction of sp³-hybridized carbons (Fsp3) is 0.455. The predicted molar refractivity (Wildman–Crippen MR) is 71.6 cm³/mol. The highest BCUT2D eigenvalue weighted by molar-refractivity contribution is 9.10. The van der Waals surface area contributed by atoms with Gasteiger partial charge in [-0.1, -0.05) is 12.1 Å². The Kier molecular flexibility index (Phi) is 6.13. The minimum atomic E-state index is 0.135. The highest BCUT2D eigenvalue weighted by atomic mass is 79.9. The van der Waals surface area contributed by atoms with E-state index in [1.807, 2.05) is 24.3 Å². The Hall–Kier alpha value is -0.190. The first-order valence-electron chi connectivity index (χ1n) is 4.88. The number of hydrogen-bond acceptors (Lipinski definition) is 3. The first kappa shape index (κ1) is 12.9.